The number of benzene rings is 1. The van der Waals surface area contributed by atoms with Crippen LogP contribution in [0.15, 0.2) is 47.8 Å². The summed E-state index contributed by atoms with van der Waals surface area (Å²) in [6.45, 7) is 5.65. The smallest absolute Gasteiger partial charge is 0.275 e. The molecule has 0 radical (unpaired) electrons. The zero-order chi connectivity index (χ0) is 12.4. The number of rotatable bonds is 3. The Balaban J connectivity index is 2.68. The monoisotopic (exact) mass is 228 g/mol. The number of hydrogen-bond donors (Lipinski definition) is 0. The van der Waals surface area contributed by atoms with Gasteiger partial charge in [0, 0.05) is 18.3 Å². The Morgan fingerprint density at radius 1 is 1.29 bits per heavy atom. The molecule has 1 heterocycles. The van der Waals surface area contributed by atoms with Crippen LogP contribution < -0.4 is 5.56 Å². The van der Waals surface area contributed by atoms with Crippen LogP contribution in [-0.2, 0) is 13.5 Å². The molecule has 0 aliphatic rings. The van der Waals surface area contributed by atoms with E-state index in [4.69, 9.17) is 0 Å². The van der Waals surface area contributed by atoms with E-state index in [0.29, 0.717) is 6.42 Å². The lowest BCUT2D eigenvalue weighted by Gasteiger charge is -2.07. The van der Waals surface area contributed by atoms with Crippen LogP contribution >= 0.6 is 0 Å². The number of para-hydroxylation sites is 1. The third-order valence-corrected chi connectivity index (χ3v) is 3.02. The summed E-state index contributed by atoms with van der Waals surface area (Å²) in [7, 11) is 1.90. The van der Waals surface area contributed by atoms with Gasteiger partial charge < -0.3 is 0 Å². The molecule has 0 aliphatic carbocycles. The van der Waals surface area contributed by atoms with E-state index in [2.05, 4.69) is 6.58 Å². The van der Waals surface area contributed by atoms with E-state index in [1.807, 2.05) is 49.0 Å². The van der Waals surface area contributed by atoms with Crippen molar-refractivity contribution in [3.8, 4) is 5.69 Å². The Labute approximate surface area is 101 Å². The summed E-state index contributed by atoms with van der Waals surface area (Å²) in [5.41, 5.74) is 2.72. The van der Waals surface area contributed by atoms with Gasteiger partial charge in [-0.15, -0.1) is 6.58 Å². The second-order valence-electron chi connectivity index (χ2n) is 4.03. The zero-order valence-corrected chi connectivity index (χ0v) is 10.2. The van der Waals surface area contributed by atoms with Gasteiger partial charge >= 0.3 is 0 Å². The van der Waals surface area contributed by atoms with Crippen LogP contribution in [0.25, 0.3) is 5.69 Å². The fourth-order valence-electron chi connectivity index (χ4n) is 2.00. The molecule has 0 unspecified atom stereocenters. The van der Waals surface area contributed by atoms with Gasteiger partial charge in [0.1, 0.15) is 0 Å². The minimum Gasteiger partial charge on any atom is -0.285 e. The predicted octanol–water partition coefficient (Wildman–Crippen LogP) is 2.21. The van der Waals surface area contributed by atoms with Crippen molar-refractivity contribution in [1.82, 2.24) is 9.36 Å². The van der Waals surface area contributed by atoms with Gasteiger partial charge in [-0.1, -0.05) is 24.3 Å². The van der Waals surface area contributed by atoms with Crippen LogP contribution in [0.5, 0.6) is 0 Å². The number of hydrogen-bond acceptors (Lipinski definition) is 1. The van der Waals surface area contributed by atoms with Crippen molar-refractivity contribution in [3.63, 3.8) is 0 Å². The highest BCUT2D eigenvalue weighted by molar-refractivity contribution is 5.33. The highest BCUT2D eigenvalue weighted by Crippen LogP contribution is 2.10. The standard InChI is InChI=1S/C14H16N2O/c1-4-8-13-11(2)15(3)16(14(13)17)12-9-6-5-7-10-12/h4-7,9-10H,1,8H2,2-3H3. The molecule has 1 aromatic carbocycles. The third kappa shape index (κ3) is 1.84. The highest BCUT2D eigenvalue weighted by atomic mass is 16.1. The highest BCUT2D eigenvalue weighted by Gasteiger charge is 2.14. The van der Waals surface area contributed by atoms with Crippen molar-refractivity contribution >= 4 is 0 Å². The summed E-state index contributed by atoms with van der Waals surface area (Å²) in [5, 5.41) is 0. The molecule has 2 aromatic rings. The molecule has 0 fully saturated rings. The van der Waals surface area contributed by atoms with Crippen LogP contribution in [0.3, 0.4) is 0 Å². The first-order valence-electron chi connectivity index (χ1n) is 5.60. The summed E-state index contributed by atoms with van der Waals surface area (Å²) in [5.74, 6) is 0. The maximum absolute atomic E-state index is 12.3. The Bertz CT molecular complexity index is 591. The molecule has 0 atom stereocenters. The van der Waals surface area contributed by atoms with Gasteiger partial charge in [-0.25, -0.2) is 4.68 Å². The van der Waals surface area contributed by atoms with Gasteiger partial charge in [-0.2, -0.15) is 0 Å². The molecule has 0 N–H and O–H groups in total. The Hall–Kier alpha value is -2.03. The lowest BCUT2D eigenvalue weighted by Crippen LogP contribution is -2.20. The fourth-order valence-corrected chi connectivity index (χ4v) is 2.00. The minimum atomic E-state index is 0.0381. The van der Waals surface area contributed by atoms with E-state index < -0.39 is 0 Å². The molecule has 88 valence electrons. The lowest BCUT2D eigenvalue weighted by molar-refractivity contribution is 0.630. The van der Waals surface area contributed by atoms with Crippen molar-refractivity contribution in [2.45, 2.75) is 13.3 Å². The SMILES string of the molecule is C=CCc1c(C)n(C)n(-c2ccccc2)c1=O. The summed E-state index contributed by atoms with van der Waals surface area (Å²) in [6.07, 6.45) is 2.37. The van der Waals surface area contributed by atoms with Crippen molar-refractivity contribution in [1.29, 1.82) is 0 Å². The maximum atomic E-state index is 12.3. The van der Waals surface area contributed by atoms with Crippen molar-refractivity contribution in [2.75, 3.05) is 0 Å². The Morgan fingerprint density at radius 2 is 1.94 bits per heavy atom. The quantitative estimate of drug-likeness (QED) is 0.740. The second-order valence-corrected chi connectivity index (χ2v) is 4.03. The molecule has 3 nitrogen and oxygen atoms in total. The summed E-state index contributed by atoms with van der Waals surface area (Å²) < 4.78 is 3.57. The molecule has 0 saturated carbocycles. The minimum absolute atomic E-state index is 0.0381. The van der Waals surface area contributed by atoms with Crippen LogP contribution in [0, 0.1) is 6.92 Å². The summed E-state index contributed by atoms with van der Waals surface area (Å²) in [4.78, 5) is 12.3. The van der Waals surface area contributed by atoms with Crippen LogP contribution in [-0.4, -0.2) is 9.36 Å². The first-order chi connectivity index (χ1) is 8.16. The fraction of sp³-hybridized carbons (Fsp3) is 0.214. The zero-order valence-electron chi connectivity index (χ0n) is 10.2. The molecule has 2 rings (SSSR count). The number of nitrogens with zero attached hydrogens (tertiary/aromatic N) is 2. The summed E-state index contributed by atoms with van der Waals surface area (Å²) >= 11 is 0. The Kier molecular flexibility index (Phi) is 3.00. The molecule has 0 amide bonds. The molecule has 1 aromatic heterocycles. The third-order valence-electron chi connectivity index (χ3n) is 3.02. The van der Waals surface area contributed by atoms with E-state index in [0.717, 1.165) is 16.9 Å². The van der Waals surface area contributed by atoms with Gasteiger partial charge in [-0.3, -0.25) is 9.48 Å². The van der Waals surface area contributed by atoms with Gasteiger partial charge in [0.2, 0.25) is 0 Å². The average Bonchev–Trinajstić information content (AvgIpc) is 2.55. The topological polar surface area (TPSA) is 26.9 Å². The van der Waals surface area contributed by atoms with E-state index in [-0.39, 0.29) is 5.56 Å². The van der Waals surface area contributed by atoms with Gasteiger partial charge in [0.05, 0.1) is 5.69 Å². The Morgan fingerprint density at radius 3 is 2.53 bits per heavy atom. The second kappa shape index (κ2) is 4.45. The van der Waals surface area contributed by atoms with Crippen LogP contribution in [0.1, 0.15) is 11.3 Å². The number of aromatic nitrogens is 2. The van der Waals surface area contributed by atoms with Crippen LogP contribution in [0.4, 0.5) is 0 Å². The lowest BCUT2D eigenvalue weighted by atomic mass is 10.2. The van der Waals surface area contributed by atoms with E-state index in [1.54, 1.807) is 10.8 Å². The molecular formula is C14H16N2O. The first-order valence-corrected chi connectivity index (χ1v) is 5.60. The van der Waals surface area contributed by atoms with Crippen LogP contribution in [0.2, 0.25) is 0 Å². The molecule has 17 heavy (non-hydrogen) atoms. The normalized spacial score (nSPS) is 10.5. The number of allylic oxidation sites excluding steroid dienone is 1. The first kappa shape index (κ1) is 11.5. The maximum Gasteiger partial charge on any atom is 0.275 e. The predicted molar refractivity (Wildman–Crippen MR) is 69.6 cm³/mol. The van der Waals surface area contributed by atoms with E-state index in [1.165, 1.54) is 0 Å². The van der Waals surface area contributed by atoms with Crippen molar-refractivity contribution in [2.24, 2.45) is 7.05 Å². The summed E-state index contributed by atoms with van der Waals surface area (Å²) in [6, 6.07) is 9.65. The molecule has 0 bridgehead atoms. The van der Waals surface area contributed by atoms with Gasteiger partial charge in [0.25, 0.3) is 5.56 Å². The van der Waals surface area contributed by atoms with Gasteiger partial charge in [-0.05, 0) is 25.5 Å². The average molecular weight is 228 g/mol. The van der Waals surface area contributed by atoms with E-state index >= 15 is 0 Å². The molecule has 0 aliphatic heterocycles. The van der Waals surface area contributed by atoms with E-state index in [9.17, 15) is 4.79 Å². The molecular weight excluding hydrogens is 212 g/mol. The van der Waals surface area contributed by atoms with Crippen molar-refractivity contribution in [3.05, 3.63) is 64.6 Å². The molecule has 0 spiro atoms. The largest absolute Gasteiger partial charge is 0.285 e. The van der Waals surface area contributed by atoms with Gasteiger partial charge in [0.15, 0.2) is 0 Å². The van der Waals surface area contributed by atoms with Crippen molar-refractivity contribution < 1.29 is 0 Å². The molecule has 3 heteroatoms. The molecule has 0 saturated heterocycles.